The van der Waals surface area contributed by atoms with E-state index in [1.807, 2.05) is 25.1 Å². The second-order valence-electron chi connectivity index (χ2n) is 3.95. The average Bonchev–Trinajstić information content (AvgIpc) is 2.28. The van der Waals surface area contributed by atoms with Crippen molar-refractivity contribution in [3.05, 3.63) is 59.4 Å². The number of benzene rings is 2. The van der Waals surface area contributed by atoms with Gasteiger partial charge in [-0.2, -0.15) is 0 Å². The van der Waals surface area contributed by atoms with Gasteiger partial charge in [0.15, 0.2) is 0 Å². The number of nitrogens with two attached hydrogens (primary N) is 1. The van der Waals surface area contributed by atoms with Crippen molar-refractivity contribution in [3.8, 4) is 5.75 Å². The van der Waals surface area contributed by atoms with Crippen LogP contribution in [0.25, 0.3) is 0 Å². The van der Waals surface area contributed by atoms with E-state index in [2.05, 4.69) is 0 Å². The molecular formula is C14H14FNO. The number of anilines is 1. The van der Waals surface area contributed by atoms with Crippen molar-refractivity contribution in [1.29, 1.82) is 0 Å². The maximum Gasteiger partial charge on any atom is 0.126 e. The van der Waals surface area contributed by atoms with Crippen LogP contribution in [0.2, 0.25) is 0 Å². The van der Waals surface area contributed by atoms with Gasteiger partial charge in [0.25, 0.3) is 0 Å². The molecule has 2 aromatic rings. The van der Waals surface area contributed by atoms with Gasteiger partial charge in [-0.3, -0.25) is 0 Å². The summed E-state index contributed by atoms with van der Waals surface area (Å²) in [5.74, 6) is 0.198. The molecule has 0 spiro atoms. The first kappa shape index (κ1) is 11.5. The first-order chi connectivity index (χ1) is 8.15. The van der Waals surface area contributed by atoms with E-state index in [1.165, 1.54) is 12.1 Å². The third-order valence-corrected chi connectivity index (χ3v) is 2.49. The molecule has 2 N–H and O–H groups in total. The van der Waals surface area contributed by atoms with Crippen molar-refractivity contribution in [3.63, 3.8) is 0 Å². The van der Waals surface area contributed by atoms with Gasteiger partial charge in [-0.25, -0.2) is 4.39 Å². The van der Waals surface area contributed by atoms with Crippen molar-refractivity contribution in [2.45, 2.75) is 13.5 Å². The first-order valence-corrected chi connectivity index (χ1v) is 5.38. The van der Waals surface area contributed by atoms with Gasteiger partial charge in [-0.15, -0.1) is 0 Å². The summed E-state index contributed by atoms with van der Waals surface area (Å²) in [5, 5.41) is 0. The number of ether oxygens (including phenoxy) is 1. The van der Waals surface area contributed by atoms with Gasteiger partial charge < -0.3 is 10.5 Å². The highest BCUT2D eigenvalue weighted by molar-refractivity contribution is 5.48. The fraction of sp³-hybridized carbons (Fsp3) is 0.143. The zero-order valence-corrected chi connectivity index (χ0v) is 9.61. The van der Waals surface area contributed by atoms with E-state index in [4.69, 9.17) is 10.5 Å². The lowest BCUT2D eigenvalue weighted by Gasteiger charge is -2.09. The van der Waals surface area contributed by atoms with Gasteiger partial charge in [-0.05, 0) is 30.7 Å². The molecule has 0 aliphatic carbocycles. The largest absolute Gasteiger partial charge is 0.489 e. The lowest BCUT2D eigenvalue weighted by molar-refractivity contribution is 0.305. The summed E-state index contributed by atoms with van der Waals surface area (Å²) in [6.07, 6.45) is 0. The molecule has 0 aliphatic rings. The van der Waals surface area contributed by atoms with Gasteiger partial charge in [0.1, 0.15) is 18.2 Å². The molecule has 2 nitrogen and oxygen atoms in total. The minimum Gasteiger partial charge on any atom is -0.489 e. The lowest BCUT2D eigenvalue weighted by atomic mass is 10.1. The second kappa shape index (κ2) is 4.87. The van der Waals surface area contributed by atoms with Crippen molar-refractivity contribution in [2.75, 3.05) is 5.73 Å². The molecule has 0 saturated heterocycles. The topological polar surface area (TPSA) is 35.2 Å². The van der Waals surface area contributed by atoms with E-state index >= 15 is 0 Å². The van der Waals surface area contributed by atoms with Crippen LogP contribution in [0.1, 0.15) is 11.1 Å². The number of rotatable bonds is 3. The Bertz CT molecular complexity index is 525. The first-order valence-electron chi connectivity index (χ1n) is 5.38. The summed E-state index contributed by atoms with van der Waals surface area (Å²) in [6, 6.07) is 11.9. The zero-order valence-electron chi connectivity index (χ0n) is 9.61. The lowest BCUT2D eigenvalue weighted by Crippen LogP contribution is -2.00. The Morgan fingerprint density at radius 2 is 2.00 bits per heavy atom. The molecule has 0 aliphatic heterocycles. The molecule has 0 unspecified atom stereocenters. The summed E-state index contributed by atoms with van der Waals surface area (Å²) in [4.78, 5) is 0. The van der Waals surface area contributed by atoms with Crippen LogP contribution >= 0.6 is 0 Å². The van der Waals surface area contributed by atoms with E-state index < -0.39 is 0 Å². The Balaban J connectivity index is 2.07. The van der Waals surface area contributed by atoms with E-state index in [0.717, 1.165) is 11.1 Å². The van der Waals surface area contributed by atoms with Gasteiger partial charge in [-0.1, -0.05) is 18.2 Å². The van der Waals surface area contributed by atoms with Gasteiger partial charge in [0.05, 0.1) is 0 Å². The molecule has 0 radical (unpaired) electrons. The third kappa shape index (κ3) is 2.97. The van der Waals surface area contributed by atoms with Gasteiger partial charge in [0.2, 0.25) is 0 Å². The van der Waals surface area contributed by atoms with E-state index in [9.17, 15) is 4.39 Å². The fourth-order valence-corrected chi connectivity index (χ4v) is 1.56. The molecule has 2 rings (SSSR count). The molecule has 88 valence electrons. The standard InChI is InChI=1S/C14H14FNO/c1-10-5-6-11(14(16)7-10)9-17-13-4-2-3-12(15)8-13/h2-8H,9,16H2,1H3. The van der Waals surface area contributed by atoms with E-state index in [0.29, 0.717) is 18.0 Å². The zero-order chi connectivity index (χ0) is 12.3. The Hall–Kier alpha value is -2.03. The third-order valence-electron chi connectivity index (χ3n) is 2.49. The van der Waals surface area contributed by atoms with Gasteiger partial charge in [0, 0.05) is 17.3 Å². The van der Waals surface area contributed by atoms with Crippen LogP contribution < -0.4 is 10.5 Å². The summed E-state index contributed by atoms with van der Waals surface area (Å²) in [5.41, 5.74) is 8.57. The van der Waals surface area contributed by atoms with E-state index in [-0.39, 0.29) is 5.82 Å². The predicted molar refractivity (Wildman–Crippen MR) is 66.3 cm³/mol. The van der Waals surface area contributed by atoms with E-state index in [1.54, 1.807) is 12.1 Å². The Labute approximate surface area is 99.8 Å². The van der Waals surface area contributed by atoms with Crippen molar-refractivity contribution in [2.24, 2.45) is 0 Å². The SMILES string of the molecule is Cc1ccc(COc2cccc(F)c2)c(N)c1. The number of hydrogen-bond donors (Lipinski definition) is 1. The predicted octanol–water partition coefficient (Wildman–Crippen LogP) is 3.30. The molecule has 3 heteroatoms. The summed E-state index contributed by atoms with van der Waals surface area (Å²) >= 11 is 0. The molecule has 0 bridgehead atoms. The van der Waals surface area contributed by atoms with Crippen LogP contribution in [0.5, 0.6) is 5.75 Å². The van der Waals surface area contributed by atoms with Crippen molar-refractivity contribution in [1.82, 2.24) is 0 Å². The number of hydrogen-bond acceptors (Lipinski definition) is 2. The van der Waals surface area contributed by atoms with Crippen molar-refractivity contribution < 1.29 is 9.13 Å². The quantitative estimate of drug-likeness (QED) is 0.822. The molecule has 0 aromatic heterocycles. The molecule has 17 heavy (non-hydrogen) atoms. The maximum atomic E-state index is 12.9. The normalized spacial score (nSPS) is 10.2. The number of aryl methyl sites for hydroxylation is 1. The molecule has 0 fully saturated rings. The van der Waals surface area contributed by atoms with Crippen LogP contribution in [-0.2, 0) is 6.61 Å². The maximum absolute atomic E-state index is 12.9. The fourth-order valence-electron chi connectivity index (χ4n) is 1.56. The summed E-state index contributed by atoms with van der Waals surface area (Å²) in [6.45, 7) is 2.32. The van der Waals surface area contributed by atoms with Crippen LogP contribution in [0, 0.1) is 12.7 Å². The highest BCUT2D eigenvalue weighted by Crippen LogP contribution is 2.18. The molecule has 0 amide bonds. The molecule has 2 aromatic carbocycles. The average molecular weight is 231 g/mol. The highest BCUT2D eigenvalue weighted by atomic mass is 19.1. The Kier molecular flexibility index (Phi) is 3.28. The Morgan fingerprint density at radius 1 is 1.18 bits per heavy atom. The van der Waals surface area contributed by atoms with Gasteiger partial charge >= 0.3 is 0 Å². The molecule has 0 saturated carbocycles. The summed E-state index contributed by atoms with van der Waals surface area (Å²) < 4.78 is 18.4. The molecular weight excluding hydrogens is 217 g/mol. The van der Waals surface area contributed by atoms with Crippen LogP contribution in [0.15, 0.2) is 42.5 Å². The number of halogens is 1. The van der Waals surface area contributed by atoms with Crippen molar-refractivity contribution >= 4 is 5.69 Å². The summed E-state index contributed by atoms with van der Waals surface area (Å²) in [7, 11) is 0. The molecule has 0 atom stereocenters. The smallest absolute Gasteiger partial charge is 0.126 e. The Morgan fingerprint density at radius 3 is 2.71 bits per heavy atom. The van der Waals surface area contributed by atoms with Crippen LogP contribution in [-0.4, -0.2) is 0 Å². The van der Waals surface area contributed by atoms with Crippen LogP contribution in [0.4, 0.5) is 10.1 Å². The highest BCUT2D eigenvalue weighted by Gasteiger charge is 2.01. The number of nitrogen functional groups attached to an aromatic ring is 1. The van der Waals surface area contributed by atoms with Crippen LogP contribution in [0.3, 0.4) is 0 Å². The minimum atomic E-state index is -0.306. The molecule has 0 heterocycles. The monoisotopic (exact) mass is 231 g/mol. The minimum absolute atomic E-state index is 0.306. The second-order valence-corrected chi connectivity index (χ2v) is 3.95.